The molecular weight excluding hydrogens is 498 g/mol. The van der Waals surface area contributed by atoms with Crippen LogP contribution in [0, 0.1) is 5.92 Å². The number of hydrogen-bond donors (Lipinski definition) is 1. The lowest BCUT2D eigenvalue weighted by Gasteiger charge is -2.16. The van der Waals surface area contributed by atoms with E-state index in [2.05, 4.69) is 11.9 Å². The van der Waals surface area contributed by atoms with Crippen LogP contribution in [-0.2, 0) is 5.75 Å². The molecule has 0 unspecified atom stereocenters. The highest BCUT2D eigenvalue weighted by atomic mass is 32.2. The third kappa shape index (κ3) is 6.08. The Morgan fingerprint density at radius 1 is 1.05 bits per heavy atom. The third-order valence-corrected chi connectivity index (χ3v) is 6.96. The second-order valence-corrected chi connectivity index (χ2v) is 10.1. The van der Waals surface area contributed by atoms with Crippen LogP contribution in [0.5, 0.6) is 11.5 Å². The average molecular weight is 530 g/mol. The Labute approximate surface area is 226 Å². The molecule has 0 radical (unpaired) electrons. The van der Waals surface area contributed by atoms with Gasteiger partial charge in [-0.05, 0) is 35.2 Å². The Balaban J connectivity index is 1.83. The van der Waals surface area contributed by atoms with Crippen molar-refractivity contribution in [1.29, 1.82) is 0 Å². The zero-order valence-electron chi connectivity index (χ0n) is 22.0. The summed E-state index contributed by atoms with van der Waals surface area (Å²) in [7, 11) is 3.13. The van der Waals surface area contributed by atoms with Crippen molar-refractivity contribution in [2.45, 2.75) is 24.8 Å². The smallest absolute Gasteiger partial charge is 0.266 e. The van der Waals surface area contributed by atoms with Gasteiger partial charge in [-0.25, -0.2) is 4.98 Å². The molecule has 1 N–H and O–H groups in total. The molecule has 0 atom stereocenters. The summed E-state index contributed by atoms with van der Waals surface area (Å²) < 4.78 is 12.5. The predicted octanol–water partition coefficient (Wildman–Crippen LogP) is 5.72. The highest BCUT2D eigenvalue weighted by Crippen LogP contribution is 2.29. The topological polar surface area (TPSA) is 82.5 Å². The van der Waals surface area contributed by atoms with Gasteiger partial charge in [-0.2, -0.15) is 0 Å². The van der Waals surface area contributed by atoms with E-state index in [4.69, 9.17) is 14.5 Å². The molecule has 4 rings (SSSR count). The van der Waals surface area contributed by atoms with Crippen molar-refractivity contribution in [1.82, 2.24) is 14.9 Å². The molecule has 7 nitrogen and oxygen atoms in total. The second-order valence-electron chi connectivity index (χ2n) is 9.18. The summed E-state index contributed by atoms with van der Waals surface area (Å²) in [4.78, 5) is 31.4. The Hall–Kier alpha value is -4.04. The maximum atomic E-state index is 13.9. The summed E-state index contributed by atoms with van der Waals surface area (Å²) in [6, 6.07) is 18.3. The first-order valence-electron chi connectivity index (χ1n) is 12.3. The maximum Gasteiger partial charge on any atom is 0.266 e. The normalized spacial score (nSPS) is 11.0. The first-order valence-corrected chi connectivity index (χ1v) is 13.2. The van der Waals surface area contributed by atoms with E-state index in [0.717, 1.165) is 11.1 Å². The molecular formula is C30H31N3O4S. The van der Waals surface area contributed by atoms with Gasteiger partial charge in [0.1, 0.15) is 11.5 Å². The molecule has 0 saturated carbocycles. The number of nitrogens with one attached hydrogen (secondary N) is 1. The van der Waals surface area contributed by atoms with Gasteiger partial charge in [-0.1, -0.05) is 62.5 Å². The number of methoxy groups -OCH3 is 2. The lowest BCUT2D eigenvalue weighted by Crippen LogP contribution is -2.27. The maximum absolute atomic E-state index is 13.9. The number of fused-ring (bicyclic) bond motifs is 1. The highest BCUT2D eigenvalue weighted by Gasteiger charge is 2.17. The first kappa shape index (κ1) is 27.0. The molecule has 0 aliphatic heterocycles. The van der Waals surface area contributed by atoms with Crippen LogP contribution in [-0.4, -0.2) is 36.2 Å². The average Bonchev–Trinajstić information content (AvgIpc) is 2.94. The molecule has 3 aromatic carbocycles. The van der Waals surface area contributed by atoms with Gasteiger partial charge in [0.25, 0.3) is 11.5 Å². The highest BCUT2D eigenvalue weighted by molar-refractivity contribution is 7.98. The summed E-state index contributed by atoms with van der Waals surface area (Å²) in [5.74, 6) is 1.83. The molecule has 1 aromatic heterocycles. The third-order valence-electron chi connectivity index (χ3n) is 5.95. The van der Waals surface area contributed by atoms with Gasteiger partial charge in [-0.15, -0.1) is 0 Å². The monoisotopic (exact) mass is 529 g/mol. The van der Waals surface area contributed by atoms with Crippen molar-refractivity contribution in [3.05, 3.63) is 94.3 Å². The number of benzene rings is 3. The van der Waals surface area contributed by atoms with E-state index < -0.39 is 0 Å². The van der Waals surface area contributed by atoms with Crippen LogP contribution in [0.1, 0.15) is 35.3 Å². The van der Waals surface area contributed by atoms with Gasteiger partial charge in [0.05, 0.1) is 30.8 Å². The minimum absolute atomic E-state index is 0.194. The number of aromatic nitrogens is 2. The molecule has 0 bridgehead atoms. The largest absolute Gasteiger partial charge is 0.497 e. The van der Waals surface area contributed by atoms with Gasteiger partial charge in [0, 0.05) is 36.1 Å². The fourth-order valence-corrected chi connectivity index (χ4v) is 4.82. The van der Waals surface area contributed by atoms with Crippen molar-refractivity contribution in [2.24, 2.45) is 5.92 Å². The van der Waals surface area contributed by atoms with Crippen molar-refractivity contribution >= 4 is 34.6 Å². The first-order chi connectivity index (χ1) is 18.3. The molecule has 0 fully saturated rings. The SMILES string of the molecule is C=Cc1ccc(CSc2nc3cc(C(=O)NCC(C)C)ccc3c(=O)n2-c2cc(OC)cc(OC)c2)cc1. The number of carbonyl (C=O) groups excluding carboxylic acids is 1. The Morgan fingerprint density at radius 3 is 2.34 bits per heavy atom. The van der Waals surface area contributed by atoms with E-state index in [1.165, 1.54) is 11.8 Å². The molecule has 0 spiro atoms. The van der Waals surface area contributed by atoms with Gasteiger partial charge < -0.3 is 14.8 Å². The molecule has 8 heteroatoms. The number of thioether (sulfide) groups is 1. The van der Waals surface area contributed by atoms with Crippen LogP contribution in [0.2, 0.25) is 0 Å². The molecule has 1 heterocycles. The summed E-state index contributed by atoms with van der Waals surface area (Å²) in [6.07, 6.45) is 1.80. The number of nitrogens with zero attached hydrogens (tertiary/aromatic N) is 2. The zero-order chi connectivity index (χ0) is 27.2. The fourth-order valence-electron chi connectivity index (χ4n) is 3.85. The molecule has 196 valence electrons. The minimum atomic E-state index is -0.246. The Morgan fingerprint density at radius 2 is 1.74 bits per heavy atom. The van der Waals surface area contributed by atoms with E-state index in [-0.39, 0.29) is 11.5 Å². The standard InChI is InChI=1S/C30H31N3O4S/c1-6-20-7-9-21(10-8-20)18-38-30-32-27-13-22(28(34)31-17-19(2)3)11-12-26(27)29(35)33(30)23-14-24(36-4)16-25(15-23)37-5/h6-16,19H,1,17-18H2,2-5H3,(H,31,34). The molecule has 0 aliphatic carbocycles. The molecule has 0 saturated heterocycles. The van der Waals surface area contributed by atoms with Crippen LogP contribution in [0.15, 0.2) is 77.2 Å². The predicted molar refractivity (Wildman–Crippen MR) is 154 cm³/mol. The molecule has 4 aromatic rings. The summed E-state index contributed by atoms with van der Waals surface area (Å²) in [5.41, 5.74) is 3.36. The van der Waals surface area contributed by atoms with Crippen LogP contribution < -0.4 is 20.3 Å². The Bertz CT molecular complexity index is 1510. The van der Waals surface area contributed by atoms with Gasteiger partial charge >= 0.3 is 0 Å². The summed E-state index contributed by atoms with van der Waals surface area (Å²) in [5, 5.41) is 3.82. The van der Waals surface area contributed by atoms with Crippen LogP contribution in [0.4, 0.5) is 0 Å². The number of amides is 1. The molecule has 38 heavy (non-hydrogen) atoms. The molecule has 0 aliphatic rings. The molecule has 1 amide bonds. The summed E-state index contributed by atoms with van der Waals surface area (Å²) >= 11 is 1.44. The van der Waals surface area contributed by atoms with Crippen molar-refractivity contribution in [3.8, 4) is 17.2 Å². The van der Waals surface area contributed by atoms with E-state index in [1.54, 1.807) is 61.3 Å². The van der Waals surface area contributed by atoms with Crippen LogP contribution in [0.3, 0.4) is 0 Å². The van der Waals surface area contributed by atoms with Crippen LogP contribution >= 0.6 is 11.8 Å². The Kier molecular flexibility index (Phi) is 8.53. The fraction of sp³-hybridized carbons (Fsp3) is 0.233. The number of hydrogen-bond acceptors (Lipinski definition) is 6. The van der Waals surface area contributed by atoms with Gasteiger partial charge in [-0.3, -0.25) is 14.2 Å². The van der Waals surface area contributed by atoms with Crippen molar-refractivity contribution < 1.29 is 14.3 Å². The number of rotatable bonds is 10. The van der Waals surface area contributed by atoms with Crippen molar-refractivity contribution in [2.75, 3.05) is 20.8 Å². The van der Waals surface area contributed by atoms with E-state index >= 15 is 0 Å². The van der Waals surface area contributed by atoms with E-state index in [1.807, 2.05) is 38.1 Å². The van der Waals surface area contributed by atoms with Gasteiger partial charge in [0.15, 0.2) is 5.16 Å². The quantitative estimate of drug-likeness (QED) is 0.209. The lowest BCUT2D eigenvalue weighted by molar-refractivity contribution is 0.0949. The van der Waals surface area contributed by atoms with E-state index in [9.17, 15) is 9.59 Å². The lowest BCUT2D eigenvalue weighted by atomic mass is 10.1. The number of carbonyl (C=O) groups is 1. The summed E-state index contributed by atoms with van der Waals surface area (Å²) in [6.45, 7) is 8.44. The van der Waals surface area contributed by atoms with Crippen molar-refractivity contribution in [3.63, 3.8) is 0 Å². The van der Waals surface area contributed by atoms with E-state index in [0.29, 0.717) is 57.0 Å². The zero-order valence-corrected chi connectivity index (χ0v) is 22.8. The van der Waals surface area contributed by atoms with Crippen LogP contribution in [0.25, 0.3) is 22.7 Å². The second kappa shape index (κ2) is 12.0. The minimum Gasteiger partial charge on any atom is -0.497 e. The number of ether oxygens (including phenoxy) is 2. The van der Waals surface area contributed by atoms with Gasteiger partial charge in [0.2, 0.25) is 0 Å².